The lowest BCUT2D eigenvalue weighted by atomic mass is 10.2. The Hall–Kier alpha value is -1.66. The summed E-state index contributed by atoms with van der Waals surface area (Å²) in [6.45, 7) is 7.71. The minimum Gasteiger partial charge on any atom is -0.381 e. The van der Waals surface area contributed by atoms with E-state index in [0.29, 0.717) is 5.92 Å². The Labute approximate surface area is 154 Å². The summed E-state index contributed by atoms with van der Waals surface area (Å²) in [6.07, 6.45) is 3.02. The molecular formula is C19H30N4OS. The van der Waals surface area contributed by atoms with Crippen LogP contribution in [-0.4, -0.2) is 44.3 Å². The van der Waals surface area contributed by atoms with E-state index in [0.717, 1.165) is 57.0 Å². The zero-order valence-electron chi connectivity index (χ0n) is 15.5. The normalized spacial score (nSPS) is 12.1. The molecule has 0 saturated heterocycles. The van der Waals surface area contributed by atoms with Gasteiger partial charge < -0.3 is 15.4 Å². The summed E-state index contributed by atoms with van der Waals surface area (Å²) in [7, 11) is 1.80. The molecule has 0 aliphatic rings. The van der Waals surface area contributed by atoms with E-state index < -0.39 is 0 Å². The molecule has 0 saturated carbocycles. The van der Waals surface area contributed by atoms with Crippen LogP contribution in [0.25, 0.3) is 10.2 Å². The summed E-state index contributed by atoms with van der Waals surface area (Å²) in [5, 5.41) is 7.88. The van der Waals surface area contributed by atoms with Gasteiger partial charge in [0.05, 0.1) is 15.2 Å². The number of nitrogens with one attached hydrogen (secondary N) is 2. The maximum Gasteiger partial charge on any atom is 0.190 e. The molecule has 2 aromatic rings. The van der Waals surface area contributed by atoms with Crippen molar-refractivity contribution >= 4 is 27.5 Å². The Morgan fingerprint density at radius 1 is 1.20 bits per heavy atom. The first-order valence-electron chi connectivity index (χ1n) is 9.05. The first-order chi connectivity index (χ1) is 12.2. The second-order valence-corrected chi connectivity index (χ2v) is 7.54. The summed E-state index contributed by atoms with van der Waals surface area (Å²) in [6, 6.07) is 8.31. The van der Waals surface area contributed by atoms with Gasteiger partial charge in [-0.1, -0.05) is 26.0 Å². The Kier molecular flexibility index (Phi) is 8.69. The first kappa shape index (κ1) is 19.7. The van der Waals surface area contributed by atoms with Gasteiger partial charge >= 0.3 is 0 Å². The quantitative estimate of drug-likeness (QED) is 0.386. The molecule has 0 unspecified atom stereocenters. The predicted octanol–water partition coefficient (Wildman–Crippen LogP) is 3.46. The van der Waals surface area contributed by atoms with E-state index in [1.165, 1.54) is 9.71 Å². The summed E-state index contributed by atoms with van der Waals surface area (Å²) in [5.41, 5.74) is 1.10. The number of nitrogens with zero attached hydrogens (tertiary/aromatic N) is 2. The van der Waals surface area contributed by atoms with Crippen molar-refractivity contribution in [1.29, 1.82) is 0 Å². The minimum absolute atomic E-state index is 0.595. The lowest BCUT2D eigenvalue weighted by molar-refractivity contribution is 0.108. The van der Waals surface area contributed by atoms with Crippen LogP contribution in [-0.2, 0) is 11.2 Å². The number of rotatable bonds is 10. The standard InChI is InChI=1S/C19H30N4OS/c1-15(2)14-24-13-7-12-22-19(20-3)21-11-6-10-18-23-16-8-4-5-9-17(16)25-18/h4-5,8-9,15H,6-7,10-14H2,1-3H3,(H2,20,21,22). The van der Waals surface area contributed by atoms with Gasteiger partial charge in [0.25, 0.3) is 0 Å². The van der Waals surface area contributed by atoms with E-state index >= 15 is 0 Å². The van der Waals surface area contributed by atoms with E-state index in [2.05, 4.69) is 52.7 Å². The van der Waals surface area contributed by atoms with Gasteiger partial charge in [-0.25, -0.2) is 4.98 Å². The summed E-state index contributed by atoms with van der Waals surface area (Å²) < 4.78 is 6.84. The number of aryl methyl sites for hydroxylation is 1. The molecule has 2 N–H and O–H groups in total. The number of para-hydroxylation sites is 1. The Morgan fingerprint density at radius 2 is 1.96 bits per heavy atom. The van der Waals surface area contributed by atoms with Crippen molar-refractivity contribution < 1.29 is 4.74 Å². The highest BCUT2D eigenvalue weighted by Crippen LogP contribution is 2.22. The van der Waals surface area contributed by atoms with Crippen LogP contribution in [0.1, 0.15) is 31.7 Å². The second-order valence-electron chi connectivity index (χ2n) is 6.43. The van der Waals surface area contributed by atoms with Crippen molar-refractivity contribution in [2.24, 2.45) is 10.9 Å². The third kappa shape index (κ3) is 7.40. The molecular weight excluding hydrogens is 332 g/mol. The molecule has 1 aromatic carbocycles. The van der Waals surface area contributed by atoms with Gasteiger partial charge in [-0.15, -0.1) is 11.3 Å². The molecule has 138 valence electrons. The van der Waals surface area contributed by atoms with Crippen molar-refractivity contribution in [3.63, 3.8) is 0 Å². The van der Waals surface area contributed by atoms with Crippen LogP contribution < -0.4 is 10.6 Å². The summed E-state index contributed by atoms with van der Waals surface area (Å²) in [4.78, 5) is 8.92. The minimum atomic E-state index is 0.595. The Morgan fingerprint density at radius 3 is 2.68 bits per heavy atom. The molecule has 1 aromatic heterocycles. The number of guanidine groups is 1. The van der Waals surface area contributed by atoms with E-state index in [9.17, 15) is 0 Å². The van der Waals surface area contributed by atoms with Crippen LogP contribution in [0.2, 0.25) is 0 Å². The molecule has 1 heterocycles. The van der Waals surface area contributed by atoms with Crippen LogP contribution in [0.3, 0.4) is 0 Å². The number of hydrogen-bond donors (Lipinski definition) is 2. The number of benzene rings is 1. The number of aromatic nitrogens is 1. The van der Waals surface area contributed by atoms with E-state index in [1.807, 2.05) is 6.07 Å². The van der Waals surface area contributed by atoms with Crippen molar-refractivity contribution in [2.75, 3.05) is 33.4 Å². The number of ether oxygens (including phenoxy) is 1. The second kappa shape index (κ2) is 11.1. The molecule has 2 rings (SSSR count). The first-order valence-corrected chi connectivity index (χ1v) is 9.87. The van der Waals surface area contributed by atoms with Gasteiger partial charge in [0.1, 0.15) is 0 Å². The van der Waals surface area contributed by atoms with E-state index in [4.69, 9.17) is 4.74 Å². The summed E-state index contributed by atoms with van der Waals surface area (Å²) >= 11 is 1.79. The van der Waals surface area contributed by atoms with Crippen LogP contribution in [0.5, 0.6) is 0 Å². The highest BCUT2D eigenvalue weighted by molar-refractivity contribution is 7.18. The van der Waals surface area contributed by atoms with Crippen LogP contribution >= 0.6 is 11.3 Å². The largest absolute Gasteiger partial charge is 0.381 e. The van der Waals surface area contributed by atoms with Gasteiger partial charge in [0, 0.05) is 39.8 Å². The summed E-state index contributed by atoms with van der Waals surface area (Å²) in [5.74, 6) is 1.45. The zero-order chi connectivity index (χ0) is 17.9. The van der Waals surface area contributed by atoms with Gasteiger partial charge in [0.2, 0.25) is 0 Å². The molecule has 0 fully saturated rings. The monoisotopic (exact) mass is 362 g/mol. The zero-order valence-corrected chi connectivity index (χ0v) is 16.4. The van der Waals surface area contributed by atoms with Crippen molar-refractivity contribution in [2.45, 2.75) is 33.1 Å². The van der Waals surface area contributed by atoms with Crippen LogP contribution in [0.15, 0.2) is 29.3 Å². The Bertz CT molecular complexity index is 621. The molecule has 25 heavy (non-hydrogen) atoms. The molecule has 0 aliphatic carbocycles. The molecule has 6 heteroatoms. The van der Waals surface area contributed by atoms with Crippen LogP contribution in [0.4, 0.5) is 0 Å². The topological polar surface area (TPSA) is 58.5 Å². The van der Waals surface area contributed by atoms with E-state index in [1.54, 1.807) is 18.4 Å². The van der Waals surface area contributed by atoms with Crippen molar-refractivity contribution in [3.05, 3.63) is 29.3 Å². The number of hydrogen-bond acceptors (Lipinski definition) is 4. The average Bonchev–Trinajstić information content (AvgIpc) is 3.02. The van der Waals surface area contributed by atoms with Gasteiger partial charge in [-0.3, -0.25) is 4.99 Å². The fourth-order valence-corrected chi connectivity index (χ4v) is 3.40. The molecule has 0 radical (unpaired) electrons. The third-order valence-electron chi connectivity index (χ3n) is 3.63. The lowest BCUT2D eigenvalue weighted by Crippen LogP contribution is -2.38. The lowest BCUT2D eigenvalue weighted by Gasteiger charge is -2.12. The predicted molar refractivity (Wildman–Crippen MR) is 108 cm³/mol. The molecule has 0 atom stereocenters. The highest BCUT2D eigenvalue weighted by atomic mass is 32.1. The van der Waals surface area contributed by atoms with Gasteiger partial charge in [0.15, 0.2) is 5.96 Å². The van der Waals surface area contributed by atoms with Crippen molar-refractivity contribution in [1.82, 2.24) is 15.6 Å². The fraction of sp³-hybridized carbons (Fsp3) is 0.579. The average molecular weight is 363 g/mol. The maximum atomic E-state index is 5.58. The molecule has 0 bridgehead atoms. The molecule has 0 amide bonds. The van der Waals surface area contributed by atoms with Gasteiger partial charge in [-0.2, -0.15) is 0 Å². The highest BCUT2D eigenvalue weighted by Gasteiger charge is 2.03. The number of thiazole rings is 1. The fourth-order valence-electron chi connectivity index (χ4n) is 2.39. The van der Waals surface area contributed by atoms with Gasteiger partial charge in [-0.05, 0) is 30.9 Å². The molecule has 5 nitrogen and oxygen atoms in total. The number of aliphatic imine (C=N–C) groups is 1. The van der Waals surface area contributed by atoms with E-state index in [-0.39, 0.29) is 0 Å². The maximum absolute atomic E-state index is 5.58. The molecule has 0 aliphatic heterocycles. The van der Waals surface area contributed by atoms with Crippen LogP contribution in [0, 0.1) is 5.92 Å². The SMILES string of the molecule is CN=C(NCCCOCC(C)C)NCCCc1nc2ccccc2s1. The Balaban J connectivity index is 1.58. The smallest absolute Gasteiger partial charge is 0.190 e. The number of fused-ring (bicyclic) bond motifs is 1. The molecule has 0 spiro atoms. The third-order valence-corrected chi connectivity index (χ3v) is 4.73. The van der Waals surface area contributed by atoms with Crippen molar-refractivity contribution in [3.8, 4) is 0 Å².